The number of benzene rings is 1. The summed E-state index contributed by atoms with van der Waals surface area (Å²) < 4.78 is 10.1. The van der Waals surface area contributed by atoms with Crippen molar-refractivity contribution >= 4 is 11.8 Å². The van der Waals surface area contributed by atoms with Gasteiger partial charge >= 0.3 is 5.97 Å². The molecular formula is C13H16O5. The van der Waals surface area contributed by atoms with Crippen LogP contribution >= 0.6 is 0 Å². The van der Waals surface area contributed by atoms with E-state index < -0.39 is 11.9 Å². The number of rotatable bonds is 6. The molecule has 0 amide bonds. The second-order valence-electron chi connectivity index (χ2n) is 3.94. The summed E-state index contributed by atoms with van der Waals surface area (Å²) in [5.74, 6) is -0.938. The third-order valence-electron chi connectivity index (χ3n) is 2.62. The molecule has 0 aromatic heterocycles. The minimum Gasteiger partial charge on any atom is -0.493 e. The van der Waals surface area contributed by atoms with Crippen LogP contribution in [0.25, 0.3) is 0 Å². The third kappa shape index (κ3) is 3.23. The van der Waals surface area contributed by atoms with Gasteiger partial charge in [-0.1, -0.05) is 6.92 Å². The lowest BCUT2D eigenvalue weighted by molar-refractivity contribution is -0.141. The van der Waals surface area contributed by atoms with E-state index >= 15 is 0 Å². The standard InChI is InChI=1S/C13H16O5/c1-8(13(15)16)6-10(14)9-4-5-11(17-2)12(7-9)18-3/h4-5,7-8H,6H2,1-3H3,(H,15,16). The first-order valence-corrected chi connectivity index (χ1v) is 5.47. The van der Waals surface area contributed by atoms with Crippen molar-refractivity contribution in [3.8, 4) is 11.5 Å². The Labute approximate surface area is 105 Å². The number of carboxylic acid groups (broad SMARTS) is 1. The highest BCUT2D eigenvalue weighted by Gasteiger charge is 2.18. The molecular weight excluding hydrogens is 236 g/mol. The Balaban J connectivity index is 2.90. The number of Topliss-reactive ketones (excluding diaryl/α,β-unsaturated/α-hetero) is 1. The van der Waals surface area contributed by atoms with Gasteiger partial charge in [0.1, 0.15) is 0 Å². The molecule has 0 saturated carbocycles. The molecule has 1 unspecified atom stereocenters. The molecule has 1 aromatic carbocycles. The minimum atomic E-state index is -0.983. The molecule has 5 nitrogen and oxygen atoms in total. The van der Waals surface area contributed by atoms with Gasteiger partial charge in [-0.25, -0.2) is 0 Å². The maximum absolute atomic E-state index is 11.9. The summed E-state index contributed by atoms with van der Waals surface area (Å²) in [5, 5.41) is 8.76. The molecule has 0 aliphatic carbocycles. The third-order valence-corrected chi connectivity index (χ3v) is 2.62. The molecule has 1 atom stereocenters. The fraction of sp³-hybridized carbons (Fsp3) is 0.385. The van der Waals surface area contributed by atoms with Crippen LogP contribution in [0.5, 0.6) is 11.5 Å². The summed E-state index contributed by atoms with van der Waals surface area (Å²) in [5.41, 5.74) is 0.417. The molecule has 0 fully saturated rings. The number of ketones is 1. The number of carbonyl (C=O) groups is 2. The topological polar surface area (TPSA) is 72.8 Å². The van der Waals surface area contributed by atoms with Crippen LogP contribution in [0.15, 0.2) is 18.2 Å². The minimum absolute atomic E-state index is 0.0369. The summed E-state index contributed by atoms with van der Waals surface area (Å²) in [6, 6.07) is 4.77. The first kappa shape index (κ1) is 14.0. The van der Waals surface area contributed by atoms with Crippen LogP contribution in [0.2, 0.25) is 0 Å². The van der Waals surface area contributed by atoms with Crippen molar-refractivity contribution in [3.05, 3.63) is 23.8 Å². The molecule has 18 heavy (non-hydrogen) atoms. The summed E-state index contributed by atoms with van der Waals surface area (Å²) >= 11 is 0. The van der Waals surface area contributed by atoms with Crippen LogP contribution in [0.3, 0.4) is 0 Å². The van der Waals surface area contributed by atoms with Crippen molar-refractivity contribution in [2.24, 2.45) is 5.92 Å². The largest absolute Gasteiger partial charge is 0.493 e. The lowest BCUT2D eigenvalue weighted by Crippen LogP contribution is -2.14. The van der Waals surface area contributed by atoms with Gasteiger partial charge in [-0.15, -0.1) is 0 Å². The zero-order valence-electron chi connectivity index (χ0n) is 10.6. The van der Waals surface area contributed by atoms with Gasteiger partial charge in [-0.05, 0) is 18.2 Å². The van der Waals surface area contributed by atoms with Gasteiger partial charge in [-0.2, -0.15) is 0 Å². The van der Waals surface area contributed by atoms with Crippen LogP contribution in [-0.4, -0.2) is 31.1 Å². The number of hydrogen-bond acceptors (Lipinski definition) is 4. The molecule has 0 spiro atoms. The maximum atomic E-state index is 11.9. The maximum Gasteiger partial charge on any atom is 0.306 e. The Hall–Kier alpha value is -2.04. The SMILES string of the molecule is COc1ccc(C(=O)CC(C)C(=O)O)cc1OC. The van der Waals surface area contributed by atoms with Crippen molar-refractivity contribution in [2.45, 2.75) is 13.3 Å². The molecule has 0 radical (unpaired) electrons. The van der Waals surface area contributed by atoms with Crippen LogP contribution in [0.4, 0.5) is 0 Å². The van der Waals surface area contributed by atoms with E-state index in [1.165, 1.54) is 21.1 Å². The van der Waals surface area contributed by atoms with E-state index in [1.807, 2.05) is 0 Å². The molecule has 5 heteroatoms. The number of ether oxygens (including phenoxy) is 2. The van der Waals surface area contributed by atoms with Crippen molar-refractivity contribution in [1.29, 1.82) is 0 Å². The van der Waals surface area contributed by atoms with Gasteiger partial charge in [0.05, 0.1) is 20.1 Å². The first-order valence-electron chi connectivity index (χ1n) is 5.47. The number of methoxy groups -OCH3 is 2. The highest BCUT2D eigenvalue weighted by molar-refractivity contribution is 5.98. The first-order chi connectivity index (χ1) is 8.49. The normalized spacial score (nSPS) is 11.7. The van der Waals surface area contributed by atoms with E-state index in [0.29, 0.717) is 17.1 Å². The summed E-state index contributed by atoms with van der Waals surface area (Å²) in [6.45, 7) is 1.50. The molecule has 0 bridgehead atoms. The number of carbonyl (C=O) groups excluding carboxylic acids is 1. The summed E-state index contributed by atoms with van der Waals surface area (Å²) in [7, 11) is 2.98. The highest BCUT2D eigenvalue weighted by Crippen LogP contribution is 2.28. The van der Waals surface area contributed by atoms with E-state index in [4.69, 9.17) is 14.6 Å². The predicted octanol–water partition coefficient (Wildman–Crippen LogP) is 2.00. The average molecular weight is 252 g/mol. The van der Waals surface area contributed by atoms with Crippen molar-refractivity contribution in [3.63, 3.8) is 0 Å². The molecule has 0 aliphatic rings. The van der Waals surface area contributed by atoms with Gasteiger partial charge in [0, 0.05) is 12.0 Å². The Kier molecular flexibility index (Phi) is 4.71. The van der Waals surface area contributed by atoms with Crippen LogP contribution < -0.4 is 9.47 Å². The average Bonchev–Trinajstić information content (AvgIpc) is 2.37. The number of hydrogen-bond donors (Lipinski definition) is 1. The second-order valence-corrected chi connectivity index (χ2v) is 3.94. The van der Waals surface area contributed by atoms with Crippen LogP contribution in [0, 0.1) is 5.92 Å². The van der Waals surface area contributed by atoms with E-state index in [-0.39, 0.29) is 12.2 Å². The van der Waals surface area contributed by atoms with Gasteiger partial charge < -0.3 is 14.6 Å². The second kappa shape index (κ2) is 6.05. The highest BCUT2D eigenvalue weighted by atomic mass is 16.5. The molecule has 0 aliphatic heterocycles. The van der Waals surface area contributed by atoms with Crippen LogP contribution in [0.1, 0.15) is 23.7 Å². The Morgan fingerprint density at radius 2 is 1.83 bits per heavy atom. The Morgan fingerprint density at radius 1 is 1.22 bits per heavy atom. The molecule has 98 valence electrons. The number of aliphatic carboxylic acids is 1. The quantitative estimate of drug-likeness (QED) is 0.784. The van der Waals surface area contributed by atoms with E-state index in [2.05, 4.69) is 0 Å². The van der Waals surface area contributed by atoms with E-state index in [1.54, 1.807) is 18.2 Å². The Bertz CT molecular complexity index is 453. The van der Waals surface area contributed by atoms with Crippen molar-refractivity contribution in [1.82, 2.24) is 0 Å². The monoisotopic (exact) mass is 252 g/mol. The predicted molar refractivity (Wildman–Crippen MR) is 65.3 cm³/mol. The summed E-state index contributed by atoms with van der Waals surface area (Å²) in [4.78, 5) is 22.6. The molecule has 0 heterocycles. The van der Waals surface area contributed by atoms with Gasteiger partial charge in [-0.3, -0.25) is 9.59 Å². The van der Waals surface area contributed by atoms with Gasteiger partial charge in [0.2, 0.25) is 0 Å². The molecule has 0 saturated heterocycles. The molecule has 1 rings (SSSR count). The Morgan fingerprint density at radius 3 is 2.33 bits per heavy atom. The van der Waals surface area contributed by atoms with Crippen LogP contribution in [-0.2, 0) is 4.79 Å². The zero-order chi connectivity index (χ0) is 13.7. The van der Waals surface area contributed by atoms with Crippen molar-refractivity contribution in [2.75, 3.05) is 14.2 Å². The van der Waals surface area contributed by atoms with E-state index in [0.717, 1.165) is 0 Å². The van der Waals surface area contributed by atoms with Crippen molar-refractivity contribution < 1.29 is 24.2 Å². The summed E-state index contributed by atoms with van der Waals surface area (Å²) in [6.07, 6.45) is -0.0369. The zero-order valence-corrected chi connectivity index (χ0v) is 10.6. The van der Waals surface area contributed by atoms with E-state index in [9.17, 15) is 9.59 Å². The lowest BCUT2D eigenvalue weighted by Gasteiger charge is -2.10. The molecule has 1 aromatic rings. The van der Waals surface area contributed by atoms with Gasteiger partial charge in [0.25, 0.3) is 0 Å². The van der Waals surface area contributed by atoms with Gasteiger partial charge in [0.15, 0.2) is 17.3 Å². The fourth-order valence-electron chi connectivity index (χ4n) is 1.49. The smallest absolute Gasteiger partial charge is 0.306 e. The molecule has 1 N–H and O–H groups in total. The lowest BCUT2D eigenvalue weighted by atomic mass is 9.99. The number of carboxylic acids is 1. The fourth-order valence-corrected chi connectivity index (χ4v) is 1.49.